The standard InChI is InChI=1S/C17H17ClN6O3/c1-24-16(12(18)9-20-24)11-8-10(2-4-14(11)27-7-6-19)21-17(26)13-3-5-15(25)23-22-13/h2-5,8-9H,6-7,19H2,1H3,(H,21,26)(H,23,25). The van der Waals surface area contributed by atoms with Crippen LogP contribution < -0.4 is 21.3 Å². The van der Waals surface area contributed by atoms with E-state index in [1.807, 2.05) is 0 Å². The Morgan fingerprint density at radius 3 is 2.81 bits per heavy atom. The highest BCUT2D eigenvalue weighted by Gasteiger charge is 2.17. The molecule has 2 heterocycles. The highest BCUT2D eigenvalue weighted by molar-refractivity contribution is 6.33. The summed E-state index contributed by atoms with van der Waals surface area (Å²) in [7, 11) is 1.75. The molecular formula is C17H17ClN6O3. The molecule has 140 valence electrons. The van der Waals surface area contributed by atoms with Crippen LogP contribution in [0.25, 0.3) is 11.3 Å². The monoisotopic (exact) mass is 388 g/mol. The Morgan fingerprint density at radius 1 is 1.37 bits per heavy atom. The van der Waals surface area contributed by atoms with Crippen molar-refractivity contribution < 1.29 is 9.53 Å². The zero-order valence-corrected chi connectivity index (χ0v) is 15.2. The van der Waals surface area contributed by atoms with E-state index in [0.717, 1.165) is 0 Å². The minimum atomic E-state index is -0.469. The highest BCUT2D eigenvalue weighted by atomic mass is 35.5. The topological polar surface area (TPSA) is 128 Å². The molecule has 0 saturated carbocycles. The predicted octanol–water partition coefficient (Wildman–Crippen LogP) is 1.41. The Hall–Kier alpha value is -3.17. The minimum Gasteiger partial charge on any atom is -0.492 e. The van der Waals surface area contributed by atoms with Crippen molar-refractivity contribution in [3.05, 3.63) is 57.6 Å². The number of amides is 1. The predicted molar refractivity (Wildman–Crippen MR) is 101 cm³/mol. The van der Waals surface area contributed by atoms with E-state index in [9.17, 15) is 9.59 Å². The molecule has 27 heavy (non-hydrogen) atoms. The van der Waals surface area contributed by atoms with Crippen LogP contribution in [0, 0.1) is 0 Å². The van der Waals surface area contributed by atoms with E-state index in [4.69, 9.17) is 22.1 Å². The second-order valence-corrected chi connectivity index (χ2v) is 5.98. The second-order valence-electron chi connectivity index (χ2n) is 5.57. The SMILES string of the molecule is Cn1ncc(Cl)c1-c1cc(NC(=O)c2ccc(=O)[nH]n2)ccc1OCCN. The number of carbonyl (C=O) groups excluding carboxylic acids is 1. The molecule has 0 aliphatic carbocycles. The molecule has 3 aromatic rings. The van der Waals surface area contributed by atoms with Gasteiger partial charge in [-0.3, -0.25) is 14.3 Å². The van der Waals surface area contributed by atoms with Crippen molar-refractivity contribution in [1.29, 1.82) is 0 Å². The van der Waals surface area contributed by atoms with Crippen molar-refractivity contribution >= 4 is 23.2 Å². The van der Waals surface area contributed by atoms with Crippen molar-refractivity contribution in [2.24, 2.45) is 12.8 Å². The lowest BCUT2D eigenvalue weighted by Crippen LogP contribution is -2.17. The summed E-state index contributed by atoms with van der Waals surface area (Å²) in [6.45, 7) is 0.685. The van der Waals surface area contributed by atoms with Crippen LogP contribution in [0.2, 0.25) is 5.02 Å². The summed E-state index contributed by atoms with van der Waals surface area (Å²) >= 11 is 6.26. The van der Waals surface area contributed by atoms with Gasteiger partial charge in [0, 0.05) is 30.9 Å². The van der Waals surface area contributed by atoms with Gasteiger partial charge in [-0.25, -0.2) is 5.10 Å². The molecule has 1 amide bonds. The third-order valence-electron chi connectivity index (χ3n) is 3.67. The first-order chi connectivity index (χ1) is 13.0. The number of ether oxygens (including phenoxy) is 1. The summed E-state index contributed by atoms with van der Waals surface area (Å²) in [5.41, 5.74) is 7.01. The fourth-order valence-corrected chi connectivity index (χ4v) is 2.74. The van der Waals surface area contributed by atoms with Gasteiger partial charge in [0.1, 0.15) is 18.1 Å². The van der Waals surface area contributed by atoms with Crippen LogP contribution in [0.5, 0.6) is 5.75 Å². The van der Waals surface area contributed by atoms with Crippen molar-refractivity contribution in [3.8, 4) is 17.0 Å². The number of hydrogen-bond acceptors (Lipinski definition) is 6. The maximum Gasteiger partial charge on any atom is 0.276 e. The number of hydrogen-bond donors (Lipinski definition) is 3. The minimum absolute atomic E-state index is 0.0816. The van der Waals surface area contributed by atoms with Crippen molar-refractivity contribution in [2.45, 2.75) is 0 Å². The van der Waals surface area contributed by atoms with Gasteiger partial charge < -0.3 is 15.8 Å². The van der Waals surface area contributed by atoms with Crippen LogP contribution in [0.15, 0.2) is 41.3 Å². The lowest BCUT2D eigenvalue weighted by molar-refractivity contribution is 0.102. The van der Waals surface area contributed by atoms with E-state index in [0.29, 0.717) is 40.9 Å². The molecule has 10 heteroatoms. The summed E-state index contributed by atoms with van der Waals surface area (Å²) in [5.74, 6) is 0.0926. The molecule has 0 radical (unpaired) electrons. The molecule has 0 saturated heterocycles. The molecule has 0 atom stereocenters. The second kappa shape index (κ2) is 8.02. The van der Waals surface area contributed by atoms with Gasteiger partial charge in [0.15, 0.2) is 0 Å². The third kappa shape index (κ3) is 4.15. The zero-order chi connectivity index (χ0) is 19.4. The summed E-state index contributed by atoms with van der Waals surface area (Å²) < 4.78 is 7.30. The molecule has 1 aromatic carbocycles. The van der Waals surface area contributed by atoms with Crippen LogP contribution in [-0.2, 0) is 7.05 Å². The fourth-order valence-electron chi connectivity index (χ4n) is 2.47. The number of anilines is 1. The number of halogens is 1. The maximum absolute atomic E-state index is 12.3. The molecule has 0 fully saturated rings. The number of carbonyl (C=O) groups is 1. The number of rotatable bonds is 6. The molecule has 2 aromatic heterocycles. The Bertz CT molecular complexity index is 990. The van der Waals surface area contributed by atoms with Gasteiger partial charge >= 0.3 is 0 Å². The highest BCUT2D eigenvalue weighted by Crippen LogP contribution is 2.36. The number of nitrogens with one attached hydrogen (secondary N) is 2. The van der Waals surface area contributed by atoms with E-state index >= 15 is 0 Å². The first-order valence-electron chi connectivity index (χ1n) is 8.01. The average Bonchev–Trinajstić information content (AvgIpc) is 2.99. The van der Waals surface area contributed by atoms with Gasteiger partial charge in [-0.05, 0) is 24.3 Å². The van der Waals surface area contributed by atoms with Crippen molar-refractivity contribution in [2.75, 3.05) is 18.5 Å². The molecular weight excluding hydrogens is 372 g/mol. The number of aromatic amines is 1. The molecule has 4 N–H and O–H groups in total. The third-order valence-corrected chi connectivity index (χ3v) is 3.95. The molecule has 0 aliphatic rings. The normalized spacial score (nSPS) is 10.6. The van der Waals surface area contributed by atoms with Gasteiger partial charge in [-0.1, -0.05) is 11.6 Å². The van der Waals surface area contributed by atoms with Gasteiger partial charge in [0.2, 0.25) is 0 Å². The first kappa shape index (κ1) is 18.6. The lowest BCUT2D eigenvalue weighted by atomic mass is 10.1. The molecule has 0 unspecified atom stereocenters. The quantitative estimate of drug-likeness (QED) is 0.585. The summed E-state index contributed by atoms with van der Waals surface area (Å²) in [5, 5.41) is 13.2. The smallest absolute Gasteiger partial charge is 0.276 e. The summed E-state index contributed by atoms with van der Waals surface area (Å²) in [4.78, 5) is 23.4. The van der Waals surface area contributed by atoms with E-state index in [2.05, 4.69) is 20.6 Å². The Kier molecular flexibility index (Phi) is 5.53. The van der Waals surface area contributed by atoms with Crippen molar-refractivity contribution in [1.82, 2.24) is 20.0 Å². The molecule has 0 aliphatic heterocycles. The lowest BCUT2D eigenvalue weighted by Gasteiger charge is -2.14. The van der Waals surface area contributed by atoms with E-state index < -0.39 is 5.91 Å². The number of nitrogens with zero attached hydrogens (tertiary/aromatic N) is 3. The van der Waals surface area contributed by atoms with E-state index in [1.54, 1.807) is 29.9 Å². The van der Waals surface area contributed by atoms with Gasteiger partial charge in [-0.2, -0.15) is 10.2 Å². The average molecular weight is 389 g/mol. The molecule has 0 spiro atoms. The van der Waals surface area contributed by atoms with Crippen LogP contribution in [0.3, 0.4) is 0 Å². The number of nitrogens with two attached hydrogens (primary N) is 1. The molecule has 9 nitrogen and oxygen atoms in total. The maximum atomic E-state index is 12.3. The number of aryl methyl sites for hydroxylation is 1. The first-order valence-corrected chi connectivity index (χ1v) is 8.39. The Morgan fingerprint density at radius 2 is 2.19 bits per heavy atom. The molecule has 0 bridgehead atoms. The van der Waals surface area contributed by atoms with Crippen LogP contribution in [0.1, 0.15) is 10.5 Å². The number of aromatic nitrogens is 4. The Balaban J connectivity index is 1.95. The van der Waals surface area contributed by atoms with Crippen LogP contribution >= 0.6 is 11.6 Å². The number of benzene rings is 1. The van der Waals surface area contributed by atoms with Crippen molar-refractivity contribution in [3.63, 3.8) is 0 Å². The van der Waals surface area contributed by atoms with Gasteiger partial charge in [0.05, 0.1) is 16.9 Å². The zero-order valence-electron chi connectivity index (χ0n) is 14.4. The number of H-pyrrole nitrogens is 1. The van der Waals surface area contributed by atoms with E-state index in [1.165, 1.54) is 18.3 Å². The summed E-state index contributed by atoms with van der Waals surface area (Å²) in [6.07, 6.45) is 1.53. The largest absolute Gasteiger partial charge is 0.492 e. The molecule has 3 rings (SSSR count). The van der Waals surface area contributed by atoms with Gasteiger partial charge in [0.25, 0.3) is 11.5 Å². The van der Waals surface area contributed by atoms with Crippen LogP contribution in [-0.4, -0.2) is 39.0 Å². The summed E-state index contributed by atoms with van der Waals surface area (Å²) in [6, 6.07) is 7.68. The van der Waals surface area contributed by atoms with Gasteiger partial charge in [-0.15, -0.1) is 0 Å². The van der Waals surface area contributed by atoms with Crippen LogP contribution in [0.4, 0.5) is 5.69 Å². The van der Waals surface area contributed by atoms with E-state index in [-0.39, 0.29) is 11.3 Å². The Labute approximate surface area is 159 Å². The fraction of sp³-hybridized carbons (Fsp3) is 0.176.